The second-order valence-corrected chi connectivity index (χ2v) is 4.24. The maximum absolute atomic E-state index is 5.99. The lowest BCUT2D eigenvalue weighted by atomic mass is 9.96. The molecular formula is C12H11ClN. The van der Waals surface area contributed by atoms with Gasteiger partial charge in [0, 0.05) is 28.0 Å². The van der Waals surface area contributed by atoms with E-state index in [2.05, 4.69) is 23.5 Å². The highest BCUT2D eigenvalue weighted by Gasteiger charge is 2.15. The summed E-state index contributed by atoms with van der Waals surface area (Å²) >= 11 is 5.99. The third kappa shape index (κ3) is 1.16. The monoisotopic (exact) mass is 204 g/mol. The van der Waals surface area contributed by atoms with Gasteiger partial charge >= 0.3 is 0 Å². The van der Waals surface area contributed by atoms with Crippen LogP contribution in [0.25, 0.3) is 10.9 Å². The van der Waals surface area contributed by atoms with Gasteiger partial charge in [0.05, 0.1) is 0 Å². The quantitative estimate of drug-likeness (QED) is 0.674. The zero-order valence-electron chi connectivity index (χ0n) is 7.81. The van der Waals surface area contributed by atoms with Gasteiger partial charge < -0.3 is 4.98 Å². The van der Waals surface area contributed by atoms with E-state index in [-0.39, 0.29) is 0 Å². The number of hydrogen-bond acceptors (Lipinski definition) is 0. The van der Waals surface area contributed by atoms with Gasteiger partial charge in [0.15, 0.2) is 0 Å². The number of aromatic amines is 1. The molecule has 1 radical (unpaired) electrons. The van der Waals surface area contributed by atoms with E-state index in [1.165, 1.54) is 41.4 Å². The molecule has 3 rings (SSSR count). The minimum atomic E-state index is 0.824. The highest BCUT2D eigenvalue weighted by Crippen LogP contribution is 2.31. The Bertz CT molecular complexity index is 484. The van der Waals surface area contributed by atoms with Crippen molar-refractivity contribution >= 4 is 22.5 Å². The van der Waals surface area contributed by atoms with Gasteiger partial charge in [-0.1, -0.05) is 11.6 Å². The molecule has 0 saturated heterocycles. The number of rotatable bonds is 0. The number of halogens is 1. The zero-order valence-corrected chi connectivity index (χ0v) is 8.56. The first-order valence-electron chi connectivity index (χ1n) is 4.98. The highest BCUT2D eigenvalue weighted by atomic mass is 35.5. The molecule has 0 amide bonds. The predicted octanol–water partition coefficient (Wildman–Crippen LogP) is 3.71. The molecular weight excluding hydrogens is 194 g/mol. The Morgan fingerprint density at radius 1 is 1.29 bits per heavy atom. The highest BCUT2D eigenvalue weighted by molar-refractivity contribution is 6.31. The van der Waals surface area contributed by atoms with E-state index >= 15 is 0 Å². The van der Waals surface area contributed by atoms with E-state index < -0.39 is 0 Å². The molecule has 0 atom stereocenters. The van der Waals surface area contributed by atoms with Gasteiger partial charge in [0.2, 0.25) is 0 Å². The standard InChI is InChI=1S/C12H11ClN/c13-8-5-6-12-10(7-8)9-3-1-2-4-11(9)14-12/h4-7,14H,1-3H2. The lowest BCUT2D eigenvalue weighted by Gasteiger charge is -2.09. The van der Waals surface area contributed by atoms with Crippen molar-refractivity contribution in [3.63, 3.8) is 0 Å². The molecule has 1 aliphatic carbocycles. The van der Waals surface area contributed by atoms with Crippen LogP contribution in [-0.4, -0.2) is 4.98 Å². The van der Waals surface area contributed by atoms with Crippen molar-refractivity contribution in [3.05, 3.63) is 40.9 Å². The number of nitrogens with one attached hydrogen (secondary N) is 1. The SMILES string of the molecule is Clc1ccc2[nH]c3c(c2c1)CCC[CH]3. The van der Waals surface area contributed by atoms with Gasteiger partial charge in [-0.05, 0) is 43.0 Å². The van der Waals surface area contributed by atoms with E-state index in [4.69, 9.17) is 11.6 Å². The average molecular weight is 205 g/mol. The van der Waals surface area contributed by atoms with E-state index in [1.54, 1.807) is 0 Å². The molecule has 0 saturated carbocycles. The maximum Gasteiger partial charge on any atom is 0.0460 e. The molecule has 1 nitrogen and oxygen atoms in total. The summed E-state index contributed by atoms with van der Waals surface area (Å²) in [5.41, 5.74) is 3.94. The summed E-state index contributed by atoms with van der Waals surface area (Å²) in [5, 5.41) is 2.12. The van der Waals surface area contributed by atoms with Crippen LogP contribution in [0.15, 0.2) is 18.2 Å². The Kier molecular flexibility index (Phi) is 1.81. The van der Waals surface area contributed by atoms with Gasteiger partial charge in [-0.2, -0.15) is 0 Å². The number of aryl methyl sites for hydroxylation is 1. The van der Waals surface area contributed by atoms with Gasteiger partial charge in [0.25, 0.3) is 0 Å². The number of fused-ring (bicyclic) bond motifs is 3. The normalized spacial score (nSPS) is 15.8. The average Bonchev–Trinajstić information content (AvgIpc) is 2.56. The summed E-state index contributed by atoms with van der Waals surface area (Å²) in [6.45, 7) is 0. The van der Waals surface area contributed by atoms with Crippen LogP contribution >= 0.6 is 11.6 Å². The Morgan fingerprint density at radius 2 is 2.21 bits per heavy atom. The third-order valence-electron chi connectivity index (χ3n) is 2.88. The van der Waals surface area contributed by atoms with Crippen LogP contribution in [0.2, 0.25) is 5.02 Å². The predicted molar refractivity (Wildman–Crippen MR) is 59.6 cm³/mol. The van der Waals surface area contributed by atoms with Crippen LogP contribution in [0.3, 0.4) is 0 Å². The summed E-state index contributed by atoms with van der Waals surface area (Å²) in [6, 6.07) is 6.06. The summed E-state index contributed by atoms with van der Waals surface area (Å²) in [6.07, 6.45) is 5.90. The first-order valence-corrected chi connectivity index (χ1v) is 5.36. The van der Waals surface area contributed by atoms with Crippen molar-refractivity contribution in [2.45, 2.75) is 19.3 Å². The van der Waals surface area contributed by atoms with E-state index in [0.29, 0.717) is 0 Å². The minimum Gasteiger partial charge on any atom is -0.358 e. The first kappa shape index (κ1) is 8.37. The Labute approximate surface area is 88.1 Å². The first-order chi connectivity index (χ1) is 6.84. The van der Waals surface area contributed by atoms with Crippen molar-refractivity contribution in [3.8, 4) is 0 Å². The lowest BCUT2D eigenvalue weighted by Crippen LogP contribution is -1.97. The van der Waals surface area contributed by atoms with Gasteiger partial charge in [-0.15, -0.1) is 0 Å². The number of H-pyrrole nitrogens is 1. The fraction of sp³-hybridized carbons (Fsp3) is 0.250. The van der Waals surface area contributed by atoms with Crippen molar-refractivity contribution < 1.29 is 0 Å². The topological polar surface area (TPSA) is 15.8 Å². The lowest BCUT2D eigenvalue weighted by molar-refractivity contribution is 0.774. The molecule has 1 aromatic carbocycles. The minimum absolute atomic E-state index is 0.824. The second-order valence-electron chi connectivity index (χ2n) is 3.80. The summed E-state index contributed by atoms with van der Waals surface area (Å²) in [7, 11) is 0. The van der Waals surface area contributed by atoms with Crippen molar-refractivity contribution in [2.24, 2.45) is 0 Å². The van der Waals surface area contributed by atoms with Crippen LogP contribution < -0.4 is 0 Å². The zero-order chi connectivity index (χ0) is 9.54. The fourth-order valence-electron chi connectivity index (χ4n) is 2.21. The largest absolute Gasteiger partial charge is 0.358 e. The van der Waals surface area contributed by atoms with Crippen LogP contribution in [0.5, 0.6) is 0 Å². The molecule has 71 valence electrons. The maximum atomic E-state index is 5.99. The second kappa shape index (κ2) is 3.03. The van der Waals surface area contributed by atoms with E-state index in [0.717, 1.165) is 5.02 Å². The molecule has 1 aromatic heterocycles. The van der Waals surface area contributed by atoms with Gasteiger partial charge in [-0.25, -0.2) is 0 Å². The van der Waals surface area contributed by atoms with Gasteiger partial charge in [-0.3, -0.25) is 0 Å². The summed E-state index contributed by atoms with van der Waals surface area (Å²) < 4.78 is 0. The number of benzene rings is 1. The van der Waals surface area contributed by atoms with E-state index in [1.807, 2.05) is 6.07 Å². The molecule has 2 aromatic rings. The molecule has 1 N–H and O–H groups in total. The van der Waals surface area contributed by atoms with Crippen LogP contribution in [0.1, 0.15) is 24.1 Å². The molecule has 1 heterocycles. The van der Waals surface area contributed by atoms with Crippen LogP contribution in [0, 0.1) is 6.42 Å². The Morgan fingerprint density at radius 3 is 3.14 bits per heavy atom. The number of hydrogen-bond donors (Lipinski definition) is 1. The van der Waals surface area contributed by atoms with Crippen molar-refractivity contribution in [1.82, 2.24) is 4.98 Å². The molecule has 0 spiro atoms. The third-order valence-corrected chi connectivity index (χ3v) is 3.12. The molecule has 14 heavy (non-hydrogen) atoms. The molecule has 0 unspecified atom stereocenters. The molecule has 2 heteroatoms. The summed E-state index contributed by atoms with van der Waals surface area (Å²) in [5.74, 6) is 0. The molecule has 0 fully saturated rings. The Hall–Kier alpha value is -0.950. The van der Waals surface area contributed by atoms with Crippen molar-refractivity contribution in [2.75, 3.05) is 0 Å². The summed E-state index contributed by atoms with van der Waals surface area (Å²) in [4.78, 5) is 3.43. The fourth-order valence-corrected chi connectivity index (χ4v) is 2.38. The van der Waals surface area contributed by atoms with Crippen LogP contribution in [-0.2, 0) is 6.42 Å². The van der Waals surface area contributed by atoms with Gasteiger partial charge in [0.1, 0.15) is 0 Å². The Balaban J connectivity index is 2.32. The van der Waals surface area contributed by atoms with Crippen molar-refractivity contribution in [1.29, 1.82) is 0 Å². The molecule has 0 aliphatic heterocycles. The molecule has 1 aliphatic rings. The van der Waals surface area contributed by atoms with E-state index in [9.17, 15) is 0 Å². The van der Waals surface area contributed by atoms with Crippen LogP contribution in [0.4, 0.5) is 0 Å². The number of aromatic nitrogens is 1. The molecule has 0 bridgehead atoms. The smallest absolute Gasteiger partial charge is 0.0460 e.